The lowest BCUT2D eigenvalue weighted by Gasteiger charge is -2.09. The Morgan fingerprint density at radius 1 is 1.04 bits per heavy atom. The first kappa shape index (κ1) is 17.2. The van der Waals surface area contributed by atoms with E-state index in [0.717, 1.165) is 12.1 Å². The van der Waals surface area contributed by atoms with E-state index in [4.69, 9.17) is 0 Å². The number of rotatable bonds is 5. The first-order valence-corrected chi connectivity index (χ1v) is 7.43. The summed E-state index contributed by atoms with van der Waals surface area (Å²) < 4.78 is 32.0. The molecule has 0 radical (unpaired) electrons. The predicted molar refractivity (Wildman–Crippen MR) is 90.5 cm³/mol. The molecule has 132 valence electrons. The Morgan fingerprint density at radius 3 is 2.38 bits per heavy atom. The van der Waals surface area contributed by atoms with Gasteiger partial charge in [0, 0.05) is 5.69 Å². The number of esters is 1. The van der Waals surface area contributed by atoms with Crippen molar-refractivity contribution >= 4 is 29.1 Å². The Morgan fingerprint density at radius 2 is 1.73 bits per heavy atom. The molecule has 0 saturated heterocycles. The lowest BCUT2D eigenvalue weighted by molar-refractivity contribution is 0.0601. The van der Waals surface area contributed by atoms with E-state index in [0.29, 0.717) is 17.1 Å². The van der Waals surface area contributed by atoms with E-state index >= 15 is 0 Å². The summed E-state index contributed by atoms with van der Waals surface area (Å²) in [4.78, 5) is 15.5. The predicted octanol–water partition coefficient (Wildman–Crippen LogP) is 3.42. The number of hydrogen-bond acceptors (Lipinski definition) is 7. The number of benzene rings is 2. The van der Waals surface area contributed by atoms with Crippen LogP contribution < -0.4 is 10.6 Å². The van der Waals surface area contributed by atoms with Gasteiger partial charge in [-0.15, -0.1) is 5.10 Å². The summed E-state index contributed by atoms with van der Waals surface area (Å²) in [6.45, 7) is 0. The highest BCUT2D eigenvalue weighted by molar-refractivity contribution is 5.89. The zero-order valence-corrected chi connectivity index (χ0v) is 13.5. The van der Waals surface area contributed by atoms with Gasteiger partial charge in [0.2, 0.25) is 5.95 Å². The summed E-state index contributed by atoms with van der Waals surface area (Å²) >= 11 is 0. The molecule has 2 aromatic carbocycles. The van der Waals surface area contributed by atoms with Crippen LogP contribution in [0.5, 0.6) is 0 Å². The van der Waals surface area contributed by atoms with Gasteiger partial charge in [-0.05, 0) is 36.4 Å². The maximum atomic E-state index is 13.7. The number of nitrogens with zero attached hydrogens (tertiary/aromatic N) is 3. The fraction of sp³-hybridized carbons (Fsp3) is 0.0588. The summed E-state index contributed by atoms with van der Waals surface area (Å²) in [5, 5.41) is 12.9. The first-order valence-electron chi connectivity index (χ1n) is 7.43. The third-order valence-corrected chi connectivity index (χ3v) is 3.34. The summed E-state index contributed by atoms with van der Waals surface area (Å²) in [5.74, 6) is -1.77. The zero-order chi connectivity index (χ0) is 18.5. The van der Waals surface area contributed by atoms with Crippen molar-refractivity contribution in [2.75, 3.05) is 17.7 Å². The monoisotopic (exact) mass is 357 g/mol. The molecule has 0 spiro atoms. The van der Waals surface area contributed by atoms with Crippen LogP contribution in [-0.2, 0) is 4.74 Å². The van der Waals surface area contributed by atoms with Crippen molar-refractivity contribution in [1.29, 1.82) is 0 Å². The third-order valence-electron chi connectivity index (χ3n) is 3.34. The Hall–Kier alpha value is -3.62. The SMILES string of the molecule is COC(=O)c1ccc(Nc2cnnc(Nc3c(F)cccc3F)n2)cc1. The van der Waals surface area contributed by atoms with Gasteiger partial charge in [-0.3, -0.25) is 0 Å². The van der Waals surface area contributed by atoms with E-state index < -0.39 is 17.6 Å². The number of para-hydroxylation sites is 1. The van der Waals surface area contributed by atoms with Crippen LogP contribution in [-0.4, -0.2) is 28.3 Å². The van der Waals surface area contributed by atoms with E-state index in [1.165, 1.54) is 19.4 Å². The molecule has 0 aliphatic carbocycles. The number of carbonyl (C=O) groups is 1. The van der Waals surface area contributed by atoms with Gasteiger partial charge in [0.15, 0.2) is 5.82 Å². The highest BCUT2D eigenvalue weighted by Gasteiger charge is 2.11. The topological polar surface area (TPSA) is 89.0 Å². The average molecular weight is 357 g/mol. The minimum atomic E-state index is -0.773. The van der Waals surface area contributed by atoms with Gasteiger partial charge in [-0.25, -0.2) is 13.6 Å². The molecular formula is C17H13F2N5O2. The van der Waals surface area contributed by atoms with Gasteiger partial charge in [-0.2, -0.15) is 10.1 Å². The number of aromatic nitrogens is 3. The molecule has 0 bridgehead atoms. The third kappa shape index (κ3) is 3.89. The van der Waals surface area contributed by atoms with Crippen molar-refractivity contribution in [3.63, 3.8) is 0 Å². The maximum absolute atomic E-state index is 13.7. The van der Waals surface area contributed by atoms with Gasteiger partial charge >= 0.3 is 5.97 Å². The van der Waals surface area contributed by atoms with Gasteiger partial charge in [0.25, 0.3) is 0 Å². The maximum Gasteiger partial charge on any atom is 0.337 e. The number of anilines is 4. The molecule has 9 heteroatoms. The zero-order valence-electron chi connectivity index (χ0n) is 13.5. The standard InChI is InChI=1S/C17H13F2N5O2/c1-26-16(25)10-5-7-11(8-6-10)21-14-9-20-24-17(22-14)23-15-12(18)3-2-4-13(15)19/h2-9H,1H3,(H2,21,22,23,24). The summed E-state index contributed by atoms with van der Waals surface area (Å²) in [6, 6.07) is 9.95. The molecular weight excluding hydrogens is 344 g/mol. The molecule has 26 heavy (non-hydrogen) atoms. The van der Waals surface area contributed by atoms with E-state index in [9.17, 15) is 13.6 Å². The summed E-state index contributed by atoms with van der Waals surface area (Å²) in [6.07, 6.45) is 1.34. The van der Waals surface area contributed by atoms with Gasteiger partial charge in [0.05, 0.1) is 18.9 Å². The second-order valence-corrected chi connectivity index (χ2v) is 5.08. The molecule has 3 rings (SSSR count). The van der Waals surface area contributed by atoms with Crippen LogP contribution in [0.4, 0.5) is 31.9 Å². The van der Waals surface area contributed by atoms with Crippen molar-refractivity contribution < 1.29 is 18.3 Å². The van der Waals surface area contributed by atoms with Crippen LogP contribution in [0, 0.1) is 11.6 Å². The van der Waals surface area contributed by atoms with Crippen molar-refractivity contribution in [3.8, 4) is 0 Å². The Bertz CT molecular complexity index is 914. The number of ether oxygens (including phenoxy) is 1. The van der Waals surface area contributed by atoms with Crippen LogP contribution in [0.25, 0.3) is 0 Å². The summed E-state index contributed by atoms with van der Waals surface area (Å²) in [5.41, 5.74) is 0.659. The molecule has 0 saturated carbocycles. The van der Waals surface area contributed by atoms with E-state index in [1.807, 2.05) is 0 Å². The Labute approximate surface area is 147 Å². The molecule has 0 atom stereocenters. The number of nitrogens with one attached hydrogen (secondary N) is 2. The van der Waals surface area contributed by atoms with Crippen LogP contribution in [0.3, 0.4) is 0 Å². The molecule has 0 unspecified atom stereocenters. The fourth-order valence-electron chi connectivity index (χ4n) is 2.10. The molecule has 0 aliphatic heterocycles. The summed E-state index contributed by atoms with van der Waals surface area (Å²) in [7, 11) is 1.30. The lowest BCUT2D eigenvalue weighted by Crippen LogP contribution is -2.05. The number of halogens is 2. The minimum Gasteiger partial charge on any atom is -0.465 e. The van der Waals surface area contributed by atoms with Gasteiger partial charge in [0.1, 0.15) is 17.3 Å². The number of methoxy groups -OCH3 is 1. The van der Waals surface area contributed by atoms with Crippen molar-refractivity contribution in [1.82, 2.24) is 15.2 Å². The highest BCUT2D eigenvalue weighted by atomic mass is 19.1. The van der Waals surface area contributed by atoms with Crippen LogP contribution in [0.2, 0.25) is 0 Å². The van der Waals surface area contributed by atoms with E-state index in [-0.39, 0.29) is 11.6 Å². The molecule has 2 N–H and O–H groups in total. The molecule has 0 fully saturated rings. The minimum absolute atomic E-state index is 0.0785. The molecule has 1 heterocycles. The van der Waals surface area contributed by atoms with E-state index in [2.05, 4.69) is 30.6 Å². The average Bonchev–Trinajstić information content (AvgIpc) is 2.65. The molecule has 1 aromatic heterocycles. The Balaban J connectivity index is 1.76. The van der Waals surface area contributed by atoms with Crippen molar-refractivity contribution in [2.45, 2.75) is 0 Å². The molecule has 3 aromatic rings. The van der Waals surface area contributed by atoms with Gasteiger partial charge < -0.3 is 15.4 Å². The Kier molecular flexibility index (Phi) is 4.97. The second kappa shape index (κ2) is 7.51. The molecule has 7 nitrogen and oxygen atoms in total. The quantitative estimate of drug-likeness (QED) is 0.676. The van der Waals surface area contributed by atoms with Crippen LogP contribution in [0.15, 0.2) is 48.7 Å². The number of carbonyl (C=O) groups excluding carboxylic acids is 1. The smallest absolute Gasteiger partial charge is 0.337 e. The van der Waals surface area contributed by atoms with E-state index in [1.54, 1.807) is 24.3 Å². The second-order valence-electron chi connectivity index (χ2n) is 5.08. The fourth-order valence-corrected chi connectivity index (χ4v) is 2.10. The largest absolute Gasteiger partial charge is 0.465 e. The number of hydrogen-bond donors (Lipinski definition) is 2. The van der Waals surface area contributed by atoms with Crippen molar-refractivity contribution in [3.05, 3.63) is 65.9 Å². The van der Waals surface area contributed by atoms with Crippen LogP contribution in [0.1, 0.15) is 10.4 Å². The normalized spacial score (nSPS) is 10.3. The first-order chi connectivity index (χ1) is 12.6. The molecule has 0 aliphatic rings. The molecule has 0 amide bonds. The van der Waals surface area contributed by atoms with Crippen LogP contribution >= 0.6 is 0 Å². The lowest BCUT2D eigenvalue weighted by atomic mass is 10.2. The van der Waals surface area contributed by atoms with Gasteiger partial charge in [-0.1, -0.05) is 6.07 Å². The van der Waals surface area contributed by atoms with Crippen molar-refractivity contribution in [2.24, 2.45) is 0 Å². The highest BCUT2D eigenvalue weighted by Crippen LogP contribution is 2.22.